The van der Waals surface area contributed by atoms with Gasteiger partial charge in [0.2, 0.25) is 11.8 Å². The van der Waals surface area contributed by atoms with Gasteiger partial charge in [-0.05, 0) is 32.4 Å². The van der Waals surface area contributed by atoms with E-state index >= 15 is 0 Å². The van der Waals surface area contributed by atoms with Crippen LogP contribution >= 0.6 is 0 Å². The minimum absolute atomic E-state index is 0.00888. The quantitative estimate of drug-likeness (QED) is 0.813. The van der Waals surface area contributed by atoms with Crippen molar-refractivity contribution in [2.75, 3.05) is 24.6 Å². The van der Waals surface area contributed by atoms with Gasteiger partial charge < -0.3 is 9.84 Å². The van der Waals surface area contributed by atoms with Crippen LogP contribution in [0.15, 0.2) is 4.52 Å². The largest absolute Gasteiger partial charge is 0.348 e. The smallest absolute Gasteiger partial charge is 0.229 e. The molecule has 25 heavy (non-hydrogen) atoms. The molecule has 3 rings (SSSR count). The number of rotatable bonds is 5. The van der Waals surface area contributed by atoms with Crippen molar-refractivity contribution in [1.29, 1.82) is 0 Å². The molecule has 0 unspecified atom stereocenters. The van der Waals surface area contributed by atoms with E-state index in [1.165, 1.54) is 0 Å². The van der Waals surface area contributed by atoms with Crippen molar-refractivity contribution in [3.05, 3.63) is 11.7 Å². The second-order valence-corrected chi connectivity index (χ2v) is 9.52. The fourth-order valence-electron chi connectivity index (χ4n) is 3.47. The lowest BCUT2D eigenvalue weighted by Gasteiger charge is -2.34. The molecule has 0 spiro atoms. The number of hydrogen-bond donors (Lipinski definition) is 1. The average Bonchev–Trinajstić information content (AvgIpc) is 3.19. The van der Waals surface area contributed by atoms with E-state index in [9.17, 15) is 13.2 Å². The zero-order valence-electron chi connectivity index (χ0n) is 14.8. The van der Waals surface area contributed by atoms with Crippen LogP contribution in [0.3, 0.4) is 0 Å². The molecule has 1 aromatic rings. The van der Waals surface area contributed by atoms with Crippen LogP contribution in [0.1, 0.15) is 50.7 Å². The van der Waals surface area contributed by atoms with Crippen molar-refractivity contribution in [3.63, 3.8) is 0 Å². The number of nitrogens with one attached hydrogen (secondary N) is 1. The van der Waals surface area contributed by atoms with E-state index in [0.717, 1.165) is 32.4 Å². The van der Waals surface area contributed by atoms with Crippen LogP contribution in [0.25, 0.3) is 0 Å². The van der Waals surface area contributed by atoms with Gasteiger partial charge in [-0.25, -0.2) is 8.42 Å². The van der Waals surface area contributed by atoms with Crippen molar-refractivity contribution in [1.82, 2.24) is 20.4 Å². The molecule has 3 heterocycles. The standard InChI is InChI=1S/C16H26N4O4S/c1-11(2)16-18-14(19-24-16)9-17-15(21)12-3-6-20(7-4-12)13-5-8-25(22,23)10-13/h11-13H,3-10H2,1-2H3,(H,17,21)/t13-/m1/s1. The van der Waals surface area contributed by atoms with Crippen LogP contribution in [-0.2, 0) is 21.2 Å². The highest BCUT2D eigenvalue weighted by Crippen LogP contribution is 2.24. The molecule has 8 nitrogen and oxygen atoms in total. The van der Waals surface area contributed by atoms with E-state index < -0.39 is 9.84 Å². The van der Waals surface area contributed by atoms with Gasteiger partial charge in [0.1, 0.15) is 0 Å². The molecular formula is C16H26N4O4S. The molecule has 1 amide bonds. The first-order chi connectivity index (χ1) is 11.8. The number of piperidine rings is 1. The number of carbonyl (C=O) groups is 1. The molecule has 1 aromatic heterocycles. The number of likely N-dealkylation sites (tertiary alicyclic amines) is 1. The van der Waals surface area contributed by atoms with E-state index in [1.807, 2.05) is 13.8 Å². The van der Waals surface area contributed by atoms with Crippen LogP contribution in [0.4, 0.5) is 0 Å². The SMILES string of the molecule is CC(C)c1nc(CNC(=O)C2CCN([C@@H]3CCS(=O)(=O)C3)CC2)no1. The van der Waals surface area contributed by atoms with Crippen molar-refractivity contribution >= 4 is 15.7 Å². The molecule has 2 saturated heterocycles. The van der Waals surface area contributed by atoms with Gasteiger partial charge in [-0.1, -0.05) is 19.0 Å². The lowest BCUT2D eigenvalue weighted by Crippen LogP contribution is -2.45. The summed E-state index contributed by atoms with van der Waals surface area (Å²) in [6.07, 6.45) is 2.23. The van der Waals surface area contributed by atoms with Crippen LogP contribution < -0.4 is 5.32 Å². The molecule has 0 saturated carbocycles. The number of hydrogen-bond acceptors (Lipinski definition) is 7. The summed E-state index contributed by atoms with van der Waals surface area (Å²) in [7, 11) is -2.86. The fourth-order valence-corrected chi connectivity index (χ4v) is 5.24. The Balaban J connectivity index is 1.43. The highest BCUT2D eigenvalue weighted by Gasteiger charge is 2.35. The Morgan fingerprint density at radius 2 is 2.04 bits per heavy atom. The molecule has 2 fully saturated rings. The number of carbonyl (C=O) groups excluding carboxylic acids is 1. The van der Waals surface area contributed by atoms with Gasteiger partial charge in [-0.2, -0.15) is 4.98 Å². The van der Waals surface area contributed by atoms with Gasteiger partial charge in [-0.15, -0.1) is 0 Å². The molecule has 140 valence electrons. The third-order valence-corrected chi connectivity index (χ3v) is 6.77. The first kappa shape index (κ1) is 18.3. The van der Waals surface area contributed by atoms with Gasteiger partial charge in [-0.3, -0.25) is 9.69 Å². The summed E-state index contributed by atoms with van der Waals surface area (Å²) in [5.74, 6) is 1.76. The first-order valence-electron chi connectivity index (χ1n) is 8.89. The number of sulfone groups is 1. The van der Waals surface area contributed by atoms with E-state index in [2.05, 4.69) is 20.4 Å². The molecular weight excluding hydrogens is 344 g/mol. The molecule has 2 aliphatic heterocycles. The Morgan fingerprint density at radius 3 is 2.60 bits per heavy atom. The lowest BCUT2D eigenvalue weighted by molar-refractivity contribution is -0.126. The van der Waals surface area contributed by atoms with Crippen LogP contribution in [-0.4, -0.2) is 60.0 Å². The van der Waals surface area contributed by atoms with Crippen LogP contribution in [0.5, 0.6) is 0 Å². The fraction of sp³-hybridized carbons (Fsp3) is 0.812. The predicted molar refractivity (Wildman–Crippen MR) is 91.6 cm³/mol. The van der Waals surface area contributed by atoms with Crippen LogP contribution in [0.2, 0.25) is 0 Å². The summed E-state index contributed by atoms with van der Waals surface area (Å²) in [4.78, 5) is 18.8. The third-order valence-electron chi connectivity index (χ3n) is 5.02. The van der Waals surface area contributed by atoms with Gasteiger partial charge in [0.25, 0.3) is 0 Å². The van der Waals surface area contributed by atoms with E-state index in [1.54, 1.807) is 0 Å². The molecule has 0 bridgehead atoms. The first-order valence-corrected chi connectivity index (χ1v) is 10.7. The Hall–Kier alpha value is -1.48. The Labute approximate surface area is 148 Å². The van der Waals surface area contributed by atoms with Crippen LogP contribution in [0, 0.1) is 5.92 Å². The molecule has 0 aliphatic carbocycles. The maximum absolute atomic E-state index is 12.3. The van der Waals surface area contributed by atoms with E-state index in [4.69, 9.17) is 4.52 Å². The van der Waals surface area contributed by atoms with E-state index in [0.29, 0.717) is 17.5 Å². The number of aromatic nitrogens is 2. The number of amides is 1. The minimum atomic E-state index is -2.86. The zero-order chi connectivity index (χ0) is 18.0. The molecule has 0 aromatic carbocycles. The summed E-state index contributed by atoms with van der Waals surface area (Å²) >= 11 is 0. The summed E-state index contributed by atoms with van der Waals surface area (Å²) in [5.41, 5.74) is 0. The lowest BCUT2D eigenvalue weighted by atomic mass is 9.94. The highest BCUT2D eigenvalue weighted by atomic mass is 32.2. The van der Waals surface area contributed by atoms with Gasteiger partial charge in [0, 0.05) is 17.9 Å². The monoisotopic (exact) mass is 370 g/mol. The Kier molecular flexibility index (Phi) is 5.43. The van der Waals surface area contributed by atoms with Gasteiger partial charge >= 0.3 is 0 Å². The summed E-state index contributed by atoms with van der Waals surface area (Å²) in [5, 5.41) is 6.75. The van der Waals surface area contributed by atoms with Crippen molar-refractivity contribution in [2.24, 2.45) is 5.92 Å². The summed E-state index contributed by atoms with van der Waals surface area (Å²) < 4.78 is 28.3. The second kappa shape index (κ2) is 7.41. The van der Waals surface area contributed by atoms with Crippen molar-refractivity contribution < 1.29 is 17.7 Å². The van der Waals surface area contributed by atoms with Gasteiger partial charge in [0.15, 0.2) is 15.7 Å². The van der Waals surface area contributed by atoms with Crippen molar-refractivity contribution in [3.8, 4) is 0 Å². The number of nitrogens with zero attached hydrogens (tertiary/aromatic N) is 3. The highest BCUT2D eigenvalue weighted by molar-refractivity contribution is 7.91. The third kappa shape index (κ3) is 4.58. The molecule has 0 radical (unpaired) electrons. The van der Waals surface area contributed by atoms with E-state index in [-0.39, 0.29) is 36.1 Å². The topological polar surface area (TPSA) is 105 Å². The summed E-state index contributed by atoms with van der Waals surface area (Å²) in [6.45, 7) is 5.77. The normalized spacial score (nSPS) is 24.7. The molecule has 9 heteroatoms. The Bertz CT molecular complexity index is 707. The Morgan fingerprint density at radius 1 is 1.32 bits per heavy atom. The molecule has 1 N–H and O–H groups in total. The molecule has 2 aliphatic rings. The minimum Gasteiger partial charge on any atom is -0.348 e. The summed E-state index contributed by atoms with van der Waals surface area (Å²) in [6, 6.07) is 0.128. The molecule has 1 atom stereocenters. The van der Waals surface area contributed by atoms with Gasteiger partial charge in [0.05, 0.1) is 18.1 Å². The maximum atomic E-state index is 12.3. The van der Waals surface area contributed by atoms with Crippen molar-refractivity contribution in [2.45, 2.75) is 51.6 Å². The predicted octanol–water partition coefficient (Wildman–Crippen LogP) is 0.708. The average molecular weight is 370 g/mol. The maximum Gasteiger partial charge on any atom is 0.229 e. The zero-order valence-corrected chi connectivity index (χ0v) is 15.6. The second-order valence-electron chi connectivity index (χ2n) is 7.29.